The van der Waals surface area contributed by atoms with Gasteiger partial charge in [0.25, 0.3) is 0 Å². The second kappa shape index (κ2) is 25.4. The number of anilines is 1. The fourth-order valence-corrected chi connectivity index (χ4v) is 8.26. The SMILES string of the molecule is CCCCOC(OCCCC)C1CCN(c2ccc(C3=CCN(C(=O)OCc4ccccc4)CC3)c(F)c2)CC1.O=C(OCc1ccccc1)N1CC=C(c2ccc(Br)cc2F)CC1. The van der Waals surface area contributed by atoms with Crippen LogP contribution in [0.4, 0.5) is 24.1 Å². The first kappa shape index (κ1) is 48.4. The van der Waals surface area contributed by atoms with Crippen LogP contribution in [0, 0.1) is 17.6 Å². The van der Waals surface area contributed by atoms with Gasteiger partial charge in [0.05, 0.1) is 0 Å². The van der Waals surface area contributed by atoms with Gasteiger partial charge in [-0.05, 0) is 91.1 Å². The van der Waals surface area contributed by atoms with Crippen molar-refractivity contribution in [2.75, 3.05) is 57.4 Å². The molecule has 342 valence electrons. The van der Waals surface area contributed by atoms with Crippen molar-refractivity contribution in [3.8, 4) is 0 Å². The molecular formula is C52H62BrF2N3O6. The molecule has 0 N–H and O–H groups in total. The molecule has 4 aromatic rings. The van der Waals surface area contributed by atoms with Crippen molar-refractivity contribution >= 4 is 45.0 Å². The lowest BCUT2D eigenvalue weighted by Crippen LogP contribution is -2.40. The molecular weight excluding hydrogens is 880 g/mol. The average Bonchev–Trinajstić information content (AvgIpc) is 3.33. The zero-order valence-corrected chi connectivity index (χ0v) is 38.8. The van der Waals surface area contributed by atoms with Crippen LogP contribution in [0.3, 0.4) is 0 Å². The van der Waals surface area contributed by atoms with Gasteiger partial charge in [0, 0.05) is 79.7 Å². The number of hydrogen-bond acceptors (Lipinski definition) is 7. The smallest absolute Gasteiger partial charge is 0.410 e. The maximum absolute atomic E-state index is 15.3. The summed E-state index contributed by atoms with van der Waals surface area (Å²) in [4.78, 5) is 30.1. The molecule has 0 aliphatic carbocycles. The first-order chi connectivity index (χ1) is 31.2. The number of carbonyl (C=O) groups excluding carboxylic acids is 2. The van der Waals surface area contributed by atoms with Crippen LogP contribution in [0.2, 0.25) is 0 Å². The Morgan fingerprint density at radius 3 is 1.58 bits per heavy atom. The lowest BCUT2D eigenvalue weighted by atomic mass is 9.94. The molecule has 7 rings (SSSR count). The van der Waals surface area contributed by atoms with E-state index in [9.17, 15) is 14.0 Å². The summed E-state index contributed by atoms with van der Waals surface area (Å²) in [5, 5.41) is 0. The van der Waals surface area contributed by atoms with Gasteiger partial charge in [0.15, 0.2) is 6.29 Å². The Morgan fingerprint density at radius 2 is 1.14 bits per heavy atom. The van der Waals surface area contributed by atoms with E-state index in [2.05, 4.69) is 34.7 Å². The molecule has 3 heterocycles. The molecule has 9 nitrogen and oxygen atoms in total. The van der Waals surface area contributed by atoms with Crippen molar-refractivity contribution in [3.63, 3.8) is 0 Å². The number of benzene rings is 4. The molecule has 4 aromatic carbocycles. The predicted molar refractivity (Wildman–Crippen MR) is 253 cm³/mol. The zero-order valence-electron chi connectivity index (χ0n) is 37.2. The minimum absolute atomic E-state index is 0.146. The molecule has 3 aliphatic heterocycles. The lowest BCUT2D eigenvalue weighted by molar-refractivity contribution is -0.177. The number of piperidine rings is 1. The molecule has 1 saturated heterocycles. The number of hydrogen-bond donors (Lipinski definition) is 0. The van der Waals surface area contributed by atoms with E-state index in [-0.39, 0.29) is 43.3 Å². The number of unbranched alkanes of at least 4 members (excludes halogenated alkanes) is 2. The van der Waals surface area contributed by atoms with Crippen molar-refractivity contribution < 1.29 is 37.3 Å². The first-order valence-electron chi connectivity index (χ1n) is 22.7. The quantitative estimate of drug-likeness (QED) is 0.0817. The van der Waals surface area contributed by atoms with Crippen LogP contribution in [0.1, 0.15) is 87.5 Å². The Bertz CT molecular complexity index is 2140. The summed E-state index contributed by atoms with van der Waals surface area (Å²) in [7, 11) is 0. The van der Waals surface area contributed by atoms with Gasteiger partial charge >= 0.3 is 12.2 Å². The number of amides is 2. The standard InChI is InChI=1S/C33H45FN2O4.C19H17BrFNO2/c1-3-5-22-38-32(39-23-6-4-2)28-16-18-35(19-17-28)29-12-13-30(31(34)24-29)27-14-20-36(21-15-27)33(37)40-25-26-10-8-7-9-11-26;20-16-6-7-17(18(21)12-16)15-8-10-22(11-9-15)19(23)24-13-14-4-2-1-3-5-14/h7-14,24,28,32H,3-6,15-23,25H2,1-2H3;1-8,12H,9-11,13H2. The van der Waals surface area contributed by atoms with Gasteiger partial charge in [0.2, 0.25) is 0 Å². The summed E-state index contributed by atoms with van der Waals surface area (Å²) in [5.41, 5.74) is 5.89. The maximum atomic E-state index is 15.3. The fourth-order valence-electron chi connectivity index (χ4n) is 7.93. The highest BCUT2D eigenvalue weighted by Gasteiger charge is 2.29. The highest BCUT2D eigenvalue weighted by atomic mass is 79.9. The molecule has 1 fully saturated rings. The number of carbonyl (C=O) groups is 2. The van der Waals surface area contributed by atoms with Crippen molar-refractivity contribution in [2.45, 2.75) is 84.7 Å². The first-order valence-corrected chi connectivity index (χ1v) is 23.5. The van der Waals surface area contributed by atoms with Crippen LogP contribution in [0.25, 0.3) is 11.1 Å². The van der Waals surface area contributed by atoms with Crippen molar-refractivity contribution in [2.24, 2.45) is 5.92 Å². The normalized spacial score (nSPS) is 15.6. The molecule has 0 radical (unpaired) electrons. The van der Waals surface area contributed by atoms with Gasteiger partial charge in [-0.2, -0.15) is 0 Å². The van der Waals surface area contributed by atoms with E-state index in [1.54, 1.807) is 21.9 Å². The van der Waals surface area contributed by atoms with E-state index in [0.29, 0.717) is 60.5 Å². The van der Waals surface area contributed by atoms with Gasteiger partial charge in [-0.3, -0.25) is 0 Å². The van der Waals surface area contributed by atoms with Crippen LogP contribution < -0.4 is 4.90 Å². The second-order valence-electron chi connectivity index (χ2n) is 16.4. The van der Waals surface area contributed by atoms with Crippen LogP contribution in [-0.2, 0) is 32.2 Å². The molecule has 0 atom stereocenters. The summed E-state index contributed by atoms with van der Waals surface area (Å²) in [6, 6.07) is 29.8. The number of halogens is 3. The average molecular weight is 943 g/mol. The molecule has 0 unspecified atom stereocenters. The summed E-state index contributed by atoms with van der Waals surface area (Å²) < 4.78 is 53.1. The Hall–Kier alpha value is -5.04. The largest absolute Gasteiger partial charge is 0.445 e. The van der Waals surface area contributed by atoms with E-state index in [1.165, 1.54) is 6.07 Å². The van der Waals surface area contributed by atoms with E-state index in [1.807, 2.05) is 91.0 Å². The minimum Gasteiger partial charge on any atom is -0.445 e. The molecule has 0 bridgehead atoms. The number of nitrogens with zero attached hydrogens (tertiary/aromatic N) is 3. The predicted octanol–water partition coefficient (Wildman–Crippen LogP) is 12.4. The van der Waals surface area contributed by atoms with Gasteiger partial charge in [-0.15, -0.1) is 0 Å². The lowest BCUT2D eigenvalue weighted by Gasteiger charge is -2.37. The van der Waals surface area contributed by atoms with E-state index in [0.717, 1.165) is 92.8 Å². The minimum atomic E-state index is -0.342. The van der Waals surface area contributed by atoms with Crippen molar-refractivity contribution in [3.05, 3.63) is 148 Å². The molecule has 0 aromatic heterocycles. The highest BCUT2D eigenvalue weighted by molar-refractivity contribution is 9.10. The van der Waals surface area contributed by atoms with Crippen LogP contribution in [0.15, 0.2) is 114 Å². The van der Waals surface area contributed by atoms with E-state index >= 15 is 4.39 Å². The summed E-state index contributed by atoms with van der Waals surface area (Å²) >= 11 is 3.26. The van der Waals surface area contributed by atoms with E-state index in [4.69, 9.17) is 18.9 Å². The van der Waals surface area contributed by atoms with Gasteiger partial charge in [-0.25, -0.2) is 18.4 Å². The fraction of sp³-hybridized carbons (Fsp3) is 0.423. The number of ether oxygens (including phenoxy) is 4. The summed E-state index contributed by atoms with van der Waals surface area (Å²) in [5.74, 6) is -0.103. The van der Waals surface area contributed by atoms with Gasteiger partial charge in [-0.1, -0.05) is 122 Å². The molecule has 0 spiro atoms. The van der Waals surface area contributed by atoms with E-state index < -0.39 is 0 Å². The number of rotatable bonds is 16. The highest BCUT2D eigenvalue weighted by Crippen LogP contribution is 2.32. The van der Waals surface area contributed by atoms with Gasteiger partial charge in [0.1, 0.15) is 24.8 Å². The van der Waals surface area contributed by atoms with Crippen molar-refractivity contribution in [1.82, 2.24) is 9.80 Å². The third-order valence-electron chi connectivity index (χ3n) is 11.8. The topological polar surface area (TPSA) is 80.8 Å². The third kappa shape index (κ3) is 14.5. The Morgan fingerprint density at radius 1 is 0.656 bits per heavy atom. The van der Waals surface area contributed by atoms with Crippen LogP contribution in [0.5, 0.6) is 0 Å². The molecule has 0 saturated carbocycles. The maximum Gasteiger partial charge on any atom is 0.410 e. The van der Waals surface area contributed by atoms with Crippen molar-refractivity contribution in [1.29, 1.82) is 0 Å². The zero-order chi connectivity index (χ0) is 45.1. The van der Waals surface area contributed by atoms with Crippen LogP contribution in [-0.4, -0.2) is 80.8 Å². The summed E-state index contributed by atoms with van der Waals surface area (Å²) in [6.45, 7) is 9.92. The molecule has 2 amide bonds. The van der Waals surface area contributed by atoms with Gasteiger partial charge < -0.3 is 33.6 Å². The second-order valence-corrected chi connectivity index (χ2v) is 17.3. The third-order valence-corrected chi connectivity index (χ3v) is 12.3. The molecule has 64 heavy (non-hydrogen) atoms. The Kier molecular flexibility index (Phi) is 19.3. The molecule has 12 heteroatoms. The Balaban J connectivity index is 0.000000241. The summed E-state index contributed by atoms with van der Waals surface area (Å²) in [6.07, 6.45) is 10.4. The molecule has 3 aliphatic rings. The van der Waals surface area contributed by atoms with Crippen LogP contribution >= 0.6 is 15.9 Å². The Labute approximate surface area is 386 Å². The monoisotopic (exact) mass is 941 g/mol.